The molecular formula is C26H20N2O3. The van der Waals surface area contributed by atoms with Gasteiger partial charge in [-0.25, -0.2) is 4.79 Å². The van der Waals surface area contributed by atoms with E-state index in [1.54, 1.807) is 54.6 Å². The fourth-order valence-corrected chi connectivity index (χ4v) is 3.89. The third-order valence-electron chi connectivity index (χ3n) is 5.46. The van der Waals surface area contributed by atoms with E-state index in [1.807, 2.05) is 36.4 Å². The van der Waals surface area contributed by atoms with Gasteiger partial charge in [-0.2, -0.15) is 5.26 Å². The SMILES string of the molecule is COC(=O)[C@@]1(c2ccccc2)C=C(C(=O)c2ccccc2)[C@H](c2ccc(C#N)cc2)N1. The molecule has 152 valence electrons. The Kier molecular flexibility index (Phi) is 5.48. The van der Waals surface area contributed by atoms with Gasteiger partial charge in [0.15, 0.2) is 11.3 Å². The van der Waals surface area contributed by atoms with Crippen LogP contribution in [0, 0.1) is 11.3 Å². The molecule has 0 aliphatic carbocycles. The molecule has 1 aliphatic rings. The number of carbonyl (C=O) groups excluding carboxylic acids is 2. The van der Waals surface area contributed by atoms with Gasteiger partial charge in [-0.15, -0.1) is 0 Å². The van der Waals surface area contributed by atoms with Crippen LogP contribution in [0.3, 0.4) is 0 Å². The van der Waals surface area contributed by atoms with Crippen molar-refractivity contribution in [2.24, 2.45) is 0 Å². The summed E-state index contributed by atoms with van der Waals surface area (Å²) in [5, 5.41) is 12.5. The van der Waals surface area contributed by atoms with Crippen LogP contribution in [-0.4, -0.2) is 18.9 Å². The van der Waals surface area contributed by atoms with Gasteiger partial charge in [-0.3, -0.25) is 10.1 Å². The highest BCUT2D eigenvalue weighted by atomic mass is 16.5. The average molecular weight is 408 g/mol. The summed E-state index contributed by atoms with van der Waals surface area (Å²) in [5.74, 6) is -0.683. The largest absolute Gasteiger partial charge is 0.467 e. The van der Waals surface area contributed by atoms with E-state index in [-0.39, 0.29) is 5.78 Å². The number of nitrogens with one attached hydrogen (secondary N) is 1. The van der Waals surface area contributed by atoms with Crippen LogP contribution in [0.5, 0.6) is 0 Å². The van der Waals surface area contributed by atoms with Crippen molar-refractivity contribution in [3.05, 3.63) is 119 Å². The molecule has 0 spiro atoms. The Morgan fingerprint density at radius 1 is 0.935 bits per heavy atom. The molecular weight excluding hydrogens is 388 g/mol. The number of nitriles is 1. The number of hydrogen-bond acceptors (Lipinski definition) is 5. The number of Topliss-reactive ketones (excluding diaryl/α,β-unsaturated/α-hetero) is 1. The van der Waals surface area contributed by atoms with Crippen molar-refractivity contribution in [1.29, 1.82) is 5.26 Å². The number of carbonyl (C=O) groups is 2. The number of hydrogen-bond donors (Lipinski definition) is 1. The Labute approximate surface area is 180 Å². The van der Waals surface area contributed by atoms with Gasteiger partial charge in [0.25, 0.3) is 0 Å². The average Bonchev–Trinajstić information content (AvgIpc) is 3.26. The fourth-order valence-electron chi connectivity index (χ4n) is 3.89. The predicted molar refractivity (Wildman–Crippen MR) is 116 cm³/mol. The minimum absolute atomic E-state index is 0.177. The van der Waals surface area contributed by atoms with E-state index in [1.165, 1.54) is 7.11 Å². The lowest BCUT2D eigenvalue weighted by molar-refractivity contribution is -0.146. The summed E-state index contributed by atoms with van der Waals surface area (Å²) in [7, 11) is 1.33. The zero-order valence-corrected chi connectivity index (χ0v) is 16.9. The molecule has 0 bridgehead atoms. The van der Waals surface area contributed by atoms with E-state index >= 15 is 0 Å². The highest BCUT2D eigenvalue weighted by Crippen LogP contribution is 2.40. The minimum atomic E-state index is -1.31. The summed E-state index contributed by atoms with van der Waals surface area (Å²) in [6.45, 7) is 0. The predicted octanol–water partition coefficient (Wildman–Crippen LogP) is 4.08. The third kappa shape index (κ3) is 3.65. The van der Waals surface area contributed by atoms with Crippen LogP contribution in [0.25, 0.3) is 0 Å². The molecule has 0 saturated heterocycles. The van der Waals surface area contributed by atoms with Crippen LogP contribution in [0.1, 0.15) is 33.1 Å². The van der Waals surface area contributed by atoms with E-state index < -0.39 is 17.6 Å². The highest BCUT2D eigenvalue weighted by Gasteiger charge is 2.48. The maximum Gasteiger partial charge on any atom is 0.334 e. The molecule has 2 atom stereocenters. The molecule has 0 radical (unpaired) electrons. The summed E-state index contributed by atoms with van der Waals surface area (Å²) >= 11 is 0. The molecule has 1 heterocycles. The Bertz CT molecular complexity index is 1180. The highest BCUT2D eigenvalue weighted by molar-refractivity contribution is 6.11. The van der Waals surface area contributed by atoms with E-state index in [2.05, 4.69) is 11.4 Å². The molecule has 0 fully saturated rings. The van der Waals surface area contributed by atoms with Crippen molar-refractivity contribution in [3.63, 3.8) is 0 Å². The zero-order chi connectivity index (χ0) is 21.8. The number of esters is 1. The van der Waals surface area contributed by atoms with Crippen molar-refractivity contribution in [1.82, 2.24) is 5.32 Å². The maximum atomic E-state index is 13.5. The monoisotopic (exact) mass is 408 g/mol. The van der Waals surface area contributed by atoms with Crippen molar-refractivity contribution < 1.29 is 14.3 Å². The van der Waals surface area contributed by atoms with Crippen LogP contribution < -0.4 is 5.32 Å². The van der Waals surface area contributed by atoms with Gasteiger partial charge in [0.05, 0.1) is 24.8 Å². The molecule has 3 aromatic rings. The topological polar surface area (TPSA) is 79.2 Å². The Morgan fingerprint density at radius 2 is 1.55 bits per heavy atom. The smallest absolute Gasteiger partial charge is 0.334 e. The zero-order valence-electron chi connectivity index (χ0n) is 16.9. The summed E-state index contributed by atoms with van der Waals surface area (Å²) in [6, 6.07) is 26.7. The summed E-state index contributed by atoms with van der Waals surface area (Å²) in [4.78, 5) is 26.5. The van der Waals surface area contributed by atoms with Gasteiger partial charge in [0.1, 0.15) is 0 Å². The van der Waals surface area contributed by atoms with Gasteiger partial charge >= 0.3 is 5.97 Å². The van der Waals surface area contributed by atoms with Gasteiger partial charge < -0.3 is 4.74 Å². The molecule has 1 aliphatic heterocycles. The number of ether oxygens (including phenoxy) is 1. The lowest BCUT2D eigenvalue weighted by atomic mass is 9.89. The standard InChI is InChI=1S/C26H20N2O3/c1-31-25(30)26(21-10-6-3-7-11-21)16-22(24(29)20-8-4-2-5-9-20)23(28-26)19-14-12-18(17-27)13-15-19/h2-16,23,28H,1H3/t23-,26-/m0/s1. The normalized spacial score (nSPS) is 19.9. The first-order chi connectivity index (χ1) is 15.1. The van der Waals surface area contributed by atoms with Crippen LogP contribution >= 0.6 is 0 Å². The first kappa shape index (κ1) is 20.3. The molecule has 0 aromatic heterocycles. The van der Waals surface area contributed by atoms with Crippen LogP contribution in [-0.2, 0) is 15.1 Å². The van der Waals surface area contributed by atoms with E-state index in [0.717, 1.165) is 5.56 Å². The maximum absolute atomic E-state index is 13.5. The second-order valence-electron chi connectivity index (χ2n) is 7.27. The van der Waals surface area contributed by atoms with Crippen molar-refractivity contribution in [2.45, 2.75) is 11.6 Å². The lowest BCUT2D eigenvalue weighted by Crippen LogP contribution is -2.46. The van der Waals surface area contributed by atoms with E-state index in [4.69, 9.17) is 10.00 Å². The second kappa shape index (κ2) is 8.39. The molecule has 0 unspecified atom stereocenters. The first-order valence-electron chi connectivity index (χ1n) is 9.83. The summed E-state index contributed by atoms with van der Waals surface area (Å²) in [6.07, 6.45) is 1.67. The second-order valence-corrected chi connectivity index (χ2v) is 7.27. The van der Waals surface area contributed by atoms with Crippen LogP contribution in [0.15, 0.2) is 96.6 Å². The molecule has 5 nitrogen and oxygen atoms in total. The van der Waals surface area contributed by atoms with Crippen LogP contribution in [0.2, 0.25) is 0 Å². The molecule has 1 N–H and O–H groups in total. The number of ketones is 1. The van der Waals surface area contributed by atoms with Crippen LogP contribution in [0.4, 0.5) is 0 Å². The molecule has 31 heavy (non-hydrogen) atoms. The minimum Gasteiger partial charge on any atom is -0.467 e. The first-order valence-corrected chi connectivity index (χ1v) is 9.83. The van der Waals surface area contributed by atoms with Gasteiger partial charge in [-0.1, -0.05) is 72.8 Å². The number of nitrogens with zero attached hydrogens (tertiary/aromatic N) is 1. The van der Waals surface area contributed by atoms with Gasteiger partial charge in [-0.05, 0) is 29.3 Å². The molecule has 5 heteroatoms. The Morgan fingerprint density at radius 3 is 2.13 bits per heavy atom. The third-order valence-corrected chi connectivity index (χ3v) is 5.46. The molecule has 0 amide bonds. The number of methoxy groups -OCH3 is 1. The number of rotatable bonds is 5. The molecule has 4 rings (SSSR count). The lowest BCUT2D eigenvalue weighted by Gasteiger charge is -2.28. The fraction of sp³-hybridized carbons (Fsp3) is 0.115. The quantitative estimate of drug-likeness (QED) is 0.508. The van der Waals surface area contributed by atoms with Gasteiger partial charge in [0, 0.05) is 11.1 Å². The molecule has 0 saturated carbocycles. The Balaban J connectivity index is 1.88. The van der Waals surface area contributed by atoms with Gasteiger partial charge in [0.2, 0.25) is 0 Å². The van der Waals surface area contributed by atoms with Crippen molar-refractivity contribution in [2.75, 3.05) is 7.11 Å². The van der Waals surface area contributed by atoms with Crippen molar-refractivity contribution in [3.8, 4) is 6.07 Å². The molecule has 3 aromatic carbocycles. The van der Waals surface area contributed by atoms with E-state index in [9.17, 15) is 9.59 Å². The van der Waals surface area contributed by atoms with Crippen molar-refractivity contribution >= 4 is 11.8 Å². The number of benzene rings is 3. The van der Waals surface area contributed by atoms with E-state index in [0.29, 0.717) is 22.3 Å². The Hall–Kier alpha value is -4.01. The summed E-state index contributed by atoms with van der Waals surface area (Å²) < 4.78 is 5.15. The summed E-state index contributed by atoms with van der Waals surface area (Å²) in [5.41, 5.74) is 1.64.